The van der Waals surface area contributed by atoms with Gasteiger partial charge in [-0.05, 0) is 42.3 Å². The van der Waals surface area contributed by atoms with E-state index in [1.807, 2.05) is 43.3 Å². The van der Waals surface area contributed by atoms with Gasteiger partial charge in [0.1, 0.15) is 29.5 Å². The number of aromatic hydroxyl groups is 1. The summed E-state index contributed by atoms with van der Waals surface area (Å²) in [6.45, 7) is 8.62. The number of aromatic nitrogens is 2. The minimum absolute atomic E-state index is 0.147. The average molecular weight is 499 g/mol. The molecule has 0 unspecified atom stereocenters. The molecule has 0 aliphatic carbocycles. The van der Waals surface area contributed by atoms with Crippen molar-refractivity contribution in [2.75, 3.05) is 46.4 Å². The molecule has 2 N–H and O–H groups in total. The van der Waals surface area contributed by atoms with Crippen LogP contribution < -0.4 is 9.47 Å². The topological polar surface area (TPSA) is 73.8 Å². The third-order valence-corrected chi connectivity index (χ3v) is 6.94. The SMILES string of the molecule is COc1ccc(-c2c(-c3ccc(OCCN4CCN(Cc5ccccc5)CC4)cc3O)n[nH]c2C)cc1. The van der Waals surface area contributed by atoms with Crippen LogP contribution in [0.25, 0.3) is 22.4 Å². The van der Waals surface area contributed by atoms with Gasteiger partial charge in [-0.2, -0.15) is 5.10 Å². The van der Waals surface area contributed by atoms with Gasteiger partial charge in [0.15, 0.2) is 0 Å². The van der Waals surface area contributed by atoms with Crippen molar-refractivity contribution in [3.8, 4) is 39.6 Å². The smallest absolute Gasteiger partial charge is 0.128 e. The summed E-state index contributed by atoms with van der Waals surface area (Å²) >= 11 is 0. The van der Waals surface area contributed by atoms with E-state index in [2.05, 4.69) is 50.3 Å². The predicted molar refractivity (Wildman–Crippen MR) is 146 cm³/mol. The second-order valence-electron chi connectivity index (χ2n) is 9.43. The van der Waals surface area contributed by atoms with E-state index in [9.17, 15) is 5.11 Å². The lowest BCUT2D eigenvalue weighted by Gasteiger charge is -2.34. The lowest BCUT2D eigenvalue weighted by molar-refractivity contribution is 0.112. The molecule has 5 rings (SSSR count). The molecule has 0 saturated carbocycles. The zero-order valence-corrected chi connectivity index (χ0v) is 21.5. The summed E-state index contributed by atoms with van der Waals surface area (Å²) in [5.41, 5.74) is 5.63. The highest BCUT2D eigenvalue weighted by atomic mass is 16.5. The van der Waals surface area contributed by atoms with E-state index in [-0.39, 0.29) is 5.75 Å². The first kappa shape index (κ1) is 24.9. The Morgan fingerprint density at radius 3 is 2.30 bits per heavy atom. The molecule has 1 aliphatic rings. The van der Waals surface area contributed by atoms with Gasteiger partial charge in [0.2, 0.25) is 0 Å². The molecule has 1 saturated heterocycles. The number of aryl methyl sites for hydroxylation is 1. The molecule has 0 spiro atoms. The van der Waals surface area contributed by atoms with Gasteiger partial charge in [0, 0.05) is 62.2 Å². The number of piperazine rings is 1. The number of phenols is 1. The molecule has 0 bridgehead atoms. The molecule has 1 fully saturated rings. The van der Waals surface area contributed by atoms with Crippen molar-refractivity contribution in [1.82, 2.24) is 20.0 Å². The first-order valence-electron chi connectivity index (χ1n) is 12.7. The van der Waals surface area contributed by atoms with Crippen molar-refractivity contribution >= 4 is 0 Å². The molecule has 7 heteroatoms. The molecule has 1 aromatic heterocycles. The van der Waals surface area contributed by atoms with Crippen molar-refractivity contribution in [2.24, 2.45) is 0 Å². The van der Waals surface area contributed by atoms with Crippen LogP contribution in [-0.2, 0) is 6.54 Å². The minimum Gasteiger partial charge on any atom is -0.507 e. The Balaban J connectivity index is 1.16. The molecule has 192 valence electrons. The van der Waals surface area contributed by atoms with E-state index >= 15 is 0 Å². The number of nitrogens with one attached hydrogen (secondary N) is 1. The van der Waals surface area contributed by atoms with Crippen LogP contribution in [0, 0.1) is 6.92 Å². The van der Waals surface area contributed by atoms with Gasteiger partial charge in [-0.3, -0.25) is 14.9 Å². The van der Waals surface area contributed by atoms with Crippen LogP contribution in [0.2, 0.25) is 0 Å². The highest BCUT2D eigenvalue weighted by molar-refractivity contribution is 5.85. The number of benzene rings is 3. The van der Waals surface area contributed by atoms with Gasteiger partial charge < -0.3 is 14.6 Å². The summed E-state index contributed by atoms with van der Waals surface area (Å²) in [5.74, 6) is 1.60. The summed E-state index contributed by atoms with van der Waals surface area (Å²) in [4.78, 5) is 4.93. The predicted octanol–water partition coefficient (Wildman–Crippen LogP) is 4.96. The molecule has 4 aromatic rings. The largest absolute Gasteiger partial charge is 0.507 e. The first-order chi connectivity index (χ1) is 18.1. The molecule has 0 amide bonds. The van der Waals surface area contributed by atoms with E-state index in [0.29, 0.717) is 23.6 Å². The molecule has 0 radical (unpaired) electrons. The summed E-state index contributed by atoms with van der Waals surface area (Å²) in [6, 6.07) is 23.9. The molecular weight excluding hydrogens is 464 g/mol. The Bertz CT molecular complexity index is 1300. The van der Waals surface area contributed by atoms with Crippen LogP contribution in [0.4, 0.5) is 0 Å². The van der Waals surface area contributed by atoms with Crippen LogP contribution in [0.15, 0.2) is 72.8 Å². The summed E-state index contributed by atoms with van der Waals surface area (Å²) in [6.07, 6.45) is 0. The highest BCUT2D eigenvalue weighted by Gasteiger charge is 2.19. The third kappa shape index (κ3) is 5.96. The Labute approximate surface area is 218 Å². The van der Waals surface area contributed by atoms with E-state index in [4.69, 9.17) is 9.47 Å². The van der Waals surface area contributed by atoms with Gasteiger partial charge in [-0.1, -0.05) is 42.5 Å². The maximum Gasteiger partial charge on any atom is 0.128 e. The van der Waals surface area contributed by atoms with Gasteiger partial charge in [0.25, 0.3) is 0 Å². The molecule has 7 nitrogen and oxygen atoms in total. The zero-order chi connectivity index (χ0) is 25.6. The van der Waals surface area contributed by atoms with Crippen LogP contribution in [0.1, 0.15) is 11.3 Å². The van der Waals surface area contributed by atoms with Crippen molar-refractivity contribution < 1.29 is 14.6 Å². The second kappa shape index (κ2) is 11.5. The Hall–Kier alpha value is -3.81. The minimum atomic E-state index is 0.147. The number of rotatable bonds is 9. The fourth-order valence-corrected chi connectivity index (χ4v) is 4.84. The number of nitrogens with zero attached hydrogens (tertiary/aromatic N) is 3. The molecule has 0 atom stereocenters. The molecule has 3 aromatic carbocycles. The molecule has 37 heavy (non-hydrogen) atoms. The maximum absolute atomic E-state index is 10.8. The standard InChI is InChI=1S/C30H34N4O3/c1-22-29(24-8-10-25(36-2)11-9-24)30(32-31-22)27-13-12-26(20-28(27)35)37-19-18-33-14-16-34(17-15-33)21-23-6-4-3-5-7-23/h3-13,20,35H,14-19,21H2,1-2H3,(H,31,32). The first-order valence-corrected chi connectivity index (χ1v) is 12.7. The van der Waals surface area contributed by atoms with Crippen molar-refractivity contribution in [2.45, 2.75) is 13.5 Å². The Morgan fingerprint density at radius 2 is 1.59 bits per heavy atom. The fourth-order valence-electron chi connectivity index (χ4n) is 4.84. The van der Waals surface area contributed by atoms with Gasteiger partial charge in [0.05, 0.1) is 7.11 Å². The number of methoxy groups -OCH3 is 1. The lowest BCUT2D eigenvalue weighted by atomic mass is 9.98. The van der Waals surface area contributed by atoms with Crippen LogP contribution in [0.5, 0.6) is 17.2 Å². The number of hydrogen-bond acceptors (Lipinski definition) is 6. The highest BCUT2D eigenvalue weighted by Crippen LogP contribution is 2.39. The Morgan fingerprint density at radius 1 is 0.892 bits per heavy atom. The summed E-state index contributed by atoms with van der Waals surface area (Å²) in [7, 11) is 1.65. The Kier molecular flexibility index (Phi) is 7.73. The van der Waals surface area contributed by atoms with Gasteiger partial charge in [-0.25, -0.2) is 0 Å². The van der Waals surface area contributed by atoms with Crippen molar-refractivity contribution in [3.63, 3.8) is 0 Å². The van der Waals surface area contributed by atoms with E-state index in [1.54, 1.807) is 13.2 Å². The third-order valence-electron chi connectivity index (χ3n) is 6.94. The monoisotopic (exact) mass is 498 g/mol. The number of phenolic OH excluding ortho intramolecular Hbond substituents is 1. The van der Waals surface area contributed by atoms with E-state index in [0.717, 1.165) is 61.8 Å². The van der Waals surface area contributed by atoms with E-state index < -0.39 is 0 Å². The second-order valence-corrected chi connectivity index (χ2v) is 9.43. The van der Waals surface area contributed by atoms with Crippen LogP contribution in [0.3, 0.4) is 0 Å². The average Bonchev–Trinajstić information content (AvgIpc) is 3.31. The van der Waals surface area contributed by atoms with Crippen molar-refractivity contribution in [1.29, 1.82) is 0 Å². The quantitative estimate of drug-likeness (QED) is 0.340. The molecular formula is C30H34N4O3. The number of ether oxygens (including phenoxy) is 2. The van der Waals surface area contributed by atoms with Gasteiger partial charge >= 0.3 is 0 Å². The number of hydrogen-bond donors (Lipinski definition) is 2. The van der Waals surface area contributed by atoms with Crippen LogP contribution >= 0.6 is 0 Å². The maximum atomic E-state index is 10.8. The summed E-state index contributed by atoms with van der Waals surface area (Å²) < 4.78 is 11.3. The molecule has 2 heterocycles. The fraction of sp³-hybridized carbons (Fsp3) is 0.300. The van der Waals surface area contributed by atoms with Crippen molar-refractivity contribution in [3.05, 3.63) is 84.1 Å². The zero-order valence-electron chi connectivity index (χ0n) is 21.5. The number of H-pyrrole nitrogens is 1. The van der Waals surface area contributed by atoms with Crippen LogP contribution in [-0.4, -0.2) is 71.5 Å². The lowest BCUT2D eigenvalue weighted by Crippen LogP contribution is -2.47. The number of aromatic amines is 1. The normalized spacial score (nSPS) is 14.5. The van der Waals surface area contributed by atoms with Gasteiger partial charge in [-0.15, -0.1) is 0 Å². The summed E-state index contributed by atoms with van der Waals surface area (Å²) in [5, 5.41) is 18.4. The van der Waals surface area contributed by atoms with E-state index in [1.165, 1.54) is 5.56 Å². The molecule has 1 aliphatic heterocycles.